The lowest BCUT2D eigenvalue weighted by Gasteiger charge is -2.37. The highest BCUT2D eigenvalue weighted by Gasteiger charge is 2.43. The number of fused-ring (bicyclic) bond motifs is 1. The molecule has 2 aliphatic rings. The maximum Gasteiger partial charge on any atom is 0.230 e. The van der Waals surface area contributed by atoms with Crippen LogP contribution < -0.4 is 19.7 Å². The summed E-state index contributed by atoms with van der Waals surface area (Å²) in [6.45, 7) is 7.98. The second-order valence-electron chi connectivity index (χ2n) is 9.86. The highest BCUT2D eigenvalue weighted by atomic mass is 16.5. The van der Waals surface area contributed by atoms with E-state index in [1.807, 2.05) is 56.3 Å². The average Bonchev–Trinajstić information content (AvgIpc) is 2.91. The lowest BCUT2D eigenvalue weighted by molar-refractivity contribution is -0.122. The summed E-state index contributed by atoms with van der Waals surface area (Å²) in [4.78, 5) is 29.1. The van der Waals surface area contributed by atoms with E-state index >= 15 is 0 Å². The molecular weight excluding hydrogens is 416 g/mol. The Morgan fingerprint density at radius 2 is 1.76 bits per heavy atom. The first-order valence-corrected chi connectivity index (χ1v) is 11.3. The van der Waals surface area contributed by atoms with Crippen molar-refractivity contribution in [1.82, 2.24) is 0 Å². The summed E-state index contributed by atoms with van der Waals surface area (Å²) in [6.07, 6.45) is 1.15. The van der Waals surface area contributed by atoms with Crippen LogP contribution in [0, 0.1) is 11.3 Å². The van der Waals surface area contributed by atoms with Crippen LogP contribution in [-0.2, 0) is 9.59 Å². The molecule has 6 heteroatoms. The van der Waals surface area contributed by atoms with Gasteiger partial charge in [-0.25, -0.2) is 0 Å². The number of hydrogen-bond donors (Lipinski definition) is 1. The molecule has 0 radical (unpaired) electrons. The monoisotopic (exact) mass is 448 g/mol. The van der Waals surface area contributed by atoms with E-state index in [9.17, 15) is 9.59 Å². The maximum absolute atomic E-state index is 13.7. The first-order chi connectivity index (χ1) is 15.7. The largest absolute Gasteiger partial charge is 0.493 e. The van der Waals surface area contributed by atoms with Crippen LogP contribution >= 0.6 is 0 Å². The minimum absolute atomic E-state index is 0.0459. The van der Waals surface area contributed by atoms with Gasteiger partial charge in [0.15, 0.2) is 17.3 Å². The van der Waals surface area contributed by atoms with Crippen molar-refractivity contribution in [2.24, 2.45) is 11.3 Å². The Bertz CT molecular complexity index is 1130. The fourth-order valence-electron chi connectivity index (χ4n) is 4.85. The summed E-state index contributed by atoms with van der Waals surface area (Å²) in [5.74, 6) is 0.917. The number of carbonyl (C=O) groups is 2. The third kappa shape index (κ3) is 4.10. The molecule has 0 bridgehead atoms. The number of ketones is 1. The van der Waals surface area contributed by atoms with E-state index in [-0.39, 0.29) is 23.0 Å². The number of amides is 1. The zero-order valence-electron chi connectivity index (χ0n) is 20.2. The van der Waals surface area contributed by atoms with E-state index < -0.39 is 6.04 Å². The molecule has 0 spiro atoms. The zero-order valence-corrected chi connectivity index (χ0v) is 20.2. The summed E-state index contributed by atoms with van der Waals surface area (Å²) in [5, 5.41) is 3.53. The number of benzene rings is 2. The number of nitrogens with zero attached hydrogens (tertiary/aromatic N) is 1. The number of hydrogen-bond acceptors (Lipinski definition) is 5. The molecule has 4 rings (SSSR count). The highest BCUT2D eigenvalue weighted by Crippen LogP contribution is 2.49. The molecule has 0 saturated carbocycles. The molecule has 1 N–H and O–H groups in total. The van der Waals surface area contributed by atoms with Crippen molar-refractivity contribution < 1.29 is 19.1 Å². The molecule has 1 aliphatic carbocycles. The van der Waals surface area contributed by atoms with Crippen LogP contribution in [0.25, 0.3) is 0 Å². The molecule has 1 unspecified atom stereocenters. The van der Waals surface area contributed by atoms with Gasteiger partial charge in [-0.1, -0.05) is 45.9 Å². The number of carbonyl (C=O) groups excluding carboxylic acids is 2. The summed E-state index contributed by atoms with van der Waals surface area (Å²) >= 11 is 0. The number of nitrogens with one attached hydrogen (secondary N) is 1. The van der Waals surface area contributed by atoms with E-state index in [2.05, 4.69) is 19.2 Å². The third-order valence-corrected chi connectivity index (χ3v) is 6.36. The molecule has 0 aromatic heterocycles. The van der Waals surface area contributed by atoms with Gasteiger partial charge in [-0.15, -0.1) is 0 Å². The van der Waals surface area contributed by atoms with Gasteiger partial charge in [-0.3, -0.25) is 14.5 Å². The van der Waals surface area contributed by atoms with Gasteiger partial charge in [0, 0.05) is 23.6 Å². The second kappa shape index (κ2) is 8.58. The van der Waals surface area contributed by atoms with Crippen molar-refractivity contribution in [3.63, 3.8) is 0 Å². The molecular formula is C27H32N2O4. The molecule has 33 heavy (non-hydrogen) atoms. The second-order valence-corrected chi connectivity index (χ2v) is 9.86. The van der Waals surface area contributed by atoms with Gasteiger partial charge in [0.25, 0.3) is 0 Å². The minimum Gasteiger partial charge on any atom is -0.493 e. The third-order valence-electron chi connectivity index (χ3n) is 6.36. The van der Waals surface area contributed by atoms with E-state index in [0.717, 1.165) is 29.1 Å². The average molecular weight is 449 g/mol. The van der Waals surface area contributed by atoms with Gasteiger partial charge < -0.3 is 14.8 Å². The maximum atomic E-state index is 13.7. The van der Waals surface area contributed by atoms with Crippen molar-refractivity contribution in [2.45, 2.75) is 46.6 Å². The van der Waals surface area contributed by atoms with E-state index in [4.69, 9.17) is 9.47 Å². The van der Waals surface area contributed by atoms with E-state index in [1.54, 1.807) is 19.1 Å². The summed E-state index contributed by atoms with van der Waals surface area (Å²) in [5.41, 5.74) is 3.75. The quantitative estimate of drug-likeness (QED) is 0.669. The lowest BCUT2D eigenvalue weighted by Crippen LogP contribution is -2.41. The van der Waals surface area contributed by atoms with Crippen molar-refractivity contribution >= 4 is 23.1 Å². The van der Waals surface area contributed by atoms with E-state index in [1.165, 1.54) is 0 Å². The fourth-order valence-corrected chi connectivity index (χ4v) is 4.85. The molecule has 0 saturated heterocycles. The zero-order chi connectivity index (χ0) is 23.9. The molecule has 0 fully saturated rings. The molecule has 1 aliphatic heterocycles. The first-order valence-electron chi connectivity index (χ1n) is 11.3. The van der Waals surface area contributed by atoms with Crippen molar-refractivity contribution in [3.8, 4) is 11.5 Å². The van der Waals surface area contributed by atoms with Gasteiger partial charge in [0.05, 0.1) is 31.6 Å². The Morgan fingerprint density at radius 3 is 2.42 bits per heavy atom. The van der Waals surface area contributed by atoms with Crippen LogP contribution in [0.2, 0.25) is 0 Å². The summed E-state index contributed by atoms with van der Waals surface area (Å²) < 4.78 is 11.0. The van der Waals surface area contributed by atoms with Gasteiger partial charge in [0.1, 0.15) is 0 Å². The Hall–Kier alpha value is -3.28. The minimum atomic E-state index is -0.575. The number of methoxy groups -OCH3 is 2. The van der Waals surface area contributed by atoms with Crippen LogP contribution in [0.3, 0.4) is 0 Å². The number of ether oxygens (including phenoxy) is 2. The van der Waals surface area contributed by atoms with Crippen molar-refractivity contribution in [2.75, 3.05) is 24.4 Å². The van der Waals surface area contributed by atoms with Gasteiger partial charge in [-0.05, 0) is 41.7 Å². The molecule has 174 valence electrons. The SMILES string of the molecule is COc1ccc(C2C3=C(CC(C)(C)CC3=O)Nc3ccccc3N2C(=O)C(C)C)cc1OC. The highest BCUT2D eigenvalue weighted by molar-refractivity contribution is 6.06. The Morgan fingerprint density at radius 1 is 1.06 bits per heavy atom. The fraction of sp³-hybridized carbons (Fsp3) is 0.407. The number of Topliss-reactive ketones (excluding diaryl/α,β-unsaturated/α-hetero) is 1. The number of para-hydroxylation sites is 2. The smallest absolute Gasteiger partial charge is 0.230 e. The van der Waals surface area contributed by atoms with Crippen molar-refractivity contribution in [1.29, 1.82) is 0 Å². The van der Waals surface area contributed by atoms with Crippen LogP contribution in [0.5, 0.6) is 11.5 Å². The number of anilines is 2. The Labute approximate surface area is 195 Å². The molecule has 1 amide bonds. The van der Waals surface area contributed by atoms with Gasteiger partial charge >= 0.3 is 0 Å². The normalized spacial score (nSPS) is 19.4. The van der Waals surface area contributed by atoms with Crippen LogP contribution in [0.1, 0.15) is 52.1 Å². The van der Waals surface area contributed by atoms with Gasteiger partial charge in [0.2, 0.25) is 5.91 Å². The lowest BCUT2D eigenvalue weighted by atomic mass is 9.73. The van der Waals surface area contributed by atoms with Crippen LogP contribution in [-0.4, -0.2) is 25.9 Å². The molecule has 6 nitrogen and oxygen atoms in total. The molecule has 1 atom stereocenters. The summed E-state index contributed by atoms with van der Waals surface area (Å²) in [6, 6.07) is 12.8. The topological polar surface area (TPSA) is 67.9 Å². The van der Waals surface area contributed by atoms with E-state index in [0.29, 0.717) is 23.5 Å². The Kier molecular flexibility index (Phi) is 5.95. The Balaban J connectivity index is 2.03. The van der Waals surface area contributed by atoms with Gasteiger partial charge in [-0.2, -0.15) is 0 Å². The standard InChI is InChI=1S/C27H32N2O4/c1-16(2)26(31)29-20-10-8-7-9-18(20)28-19-14-27(3,4)15-21(30)24(19)25(29)17-11-12-22(32-5)23(13-17)33-6/h7-13,16,25,28H,14-15H2,1-6H3. The van der Waals surface area contributed by atoms with Crippen LogP contribution in [0.15, 0.2) is 53.7 Å². The summed E-state index contributed by atoms with van der Waals surface area (Å²) in [7, 11) is 3.17. The number of rotatable bonds is 4. The predicted octanol–water partition coefficient (Wildman–Crippen LogP) is 5.50. The van der Waals surface area contributed by atoms with Crippen LogP contribution in [0.4, 0.5) is 11.4 Å². The molecule has 2 aromatic rings. The predicted molar refractivity (Wildman–Crippen MR) is 130 cm³/mol. The molecule has 2 aromatic carbocycles. The van der Waals surface area contributed by atoms with Crippen molar-refractivity contribution in [3.05, 3.63) is 59.3 Å². The molecule has 1 heterocycles. The first kappa shape index (κ1) is 22.9. The number of allylic oxidation sites excluding steroid dienone is 1.